The van der Waals surface area contributed by atoms with Gasteiger partial charge in [0.25, 0.3) is 5.91 Å². The molecule has 2 rings (SSSR count). The number of aryl methyl sites for hydroxylation is 1. The minimum atomic E-state index is -1.08. The van der Waals surface area contributed by atoms with Crippen LogP contribution in [0.15, 0.2) is 40.8 Å². The molecule has 5 heteroatoms. The van der Waals surface area contributed by atoms with E-state index in [-0.39, 0.29) is 23.3 Å². The predicted octanol–water partition coefficient (Wildman–Crippen LogP) is 3.37. The molecule has 0 aliphatic heterocycles. The number of amides is 1. The Bertz CT molecular complexity index is 675. The molecular formula is C17H19NO4. The van der Waals surface area contributed by atoms with Crippen molar-refractivity contribution in [3.8, 4) is 0 Å². The van der Waals surface area contributed by atoms with Crippen LogP contribution in [0.5, 0.6) is 0 Å². The van der Waals surface area contributed by atoms with Crippen LogP contribution in [-0.2, 0) is 6.42 Å². The molecule has 1 amide bonds. The molecule has 1 heterocycles. The fourth-order valence-corrected chi connectivity index (χ4v) is 2.28. The van der Waals surface area contributed by atoms with Gasteiger partial charge in [0.05, 0.1) is 6.04 Å². The monoisotopic (exact) mass is 301 g/mol. The summed E-state index contributed by atoms with van der Waals surface area (Å²) in [4.78, 5) is 25.2. The number of nitrogens with zero attached hydrogens (tertiary/aromatic N) is 1. The van der Waals surface area contributed by atoms with Gasteiger partial charge in [-0.15, -0.1) is 0 Å². The molecule has 0 spiro atoms. The quantitative estimate of drug-likeness (QED) is 0.919. The topological polar surface area (TPSA) is 70.8 Å². The number of hydrogen-bond donors (Lipinski definition) is 1. The van der Waals surface area contributed by atoms with Gasteiger partial charge < -0.3 is 14.4 Å². The van der Waals surface area contributed by atoms with Crippen molar-refractivity contribution in [2.24, 2.45) is 0 Å². The van der Waals surface area contributed by atoms with Crippen molar-refractivity contribution in [3.05, 3.63) is 59.0 Å². The second kappa shape index (κ2) is 6.47. The van der Waals surface area contributed by atoms with Crippen LogP contribution in [0.4, 0.5) is 0 Å². The standard InChI is InChI=1S/C17H19NO4/c1-4-14-13(17(20)21)10-15(22-14)16(19)18(3)11(2)12-8-6-5-7-9-12/h5-11H,4H2,1-3H3,(H,20,21). The molecule has 0 aliphatic carbocycles. The lowest BCUT2D eigenvalue weighted by molar-refractivity contribution is 0.0689. The van der Waals surface area contributed by atoms with Gasteiger partial charge in [0.2, 0.25) is 0 Å². The Morgan fingerprint density at radius 2 is 1.91 bits per heavy atom. The highest BCUT2D eigenvalue weighted by Crippen LogP contribution is 2.23. The molecule has 2 aromatic rings. The minimum Gasteiger partial charge on any atom is -0.478 e. The second-order valence-corrected chi connectivity index (χ2v) is 5.11. The number of carbonyl (C=O) groups excluding carboxylic acids is 1. The number of benzene rings is 1. The lowest BCUT2D eigenvalue weighted by atomic mass is 10.1. The minimum absolute atomic E-state index is 0.0478. The summed E-state index contributed by atoms with van der Waals surface area (Å²) in [6.45, 7) is 3.70. The summed E-state index contributed by atoms with van der Waals surface area (Å²) in [6.07, 6.45) is 0.423. The van der Waals surface area contributed by atoms with Gasteiger partial charge in [0, 0.05) is 19.5 Å². The molecule has 1 aromatic heterocycles. The van der Waals surface area contributed by atoms with E-state index in [1.807, 2.05) is 37.3 Å². The van der Waals surface area contributed by atoms with E-state index in [0.29, 0.717) is 12.2 Å². The van der Waals surface area contributed by atoms with Gasteiger partial charge in [-0.2, -0.15) is 0 Å². The average Bonchev–Trinajstić information content (AvgIpc) is 2.98. The van der Waals surface area contributed by atoms with Crippen LogP contribution in [0.25, 0.3) is 0 Å². The number of carboxylic acids is 1. The SMILES string of the molecule is CCc1oc(C(=O)N(C)C(C)c2ccccc2)cc1C(=O)O. The molecule has 0 bridgehead atoms. The van der Waals surface area contributed by atoms with Crippen LogP contribution in [0.1, 0.15) is 52.1 Å². The van der Waals surface area contributed by atoms with E-state index >= 15 is 0 Å². The molecule has 1 unspecified atom stereocenters. The van der Waals surface area contributed by atoms with Crippen LogP contribution in [0.3, 0.4) is 0 Å². The van der Waals surface area contributed by atoms with Crippen molar-refractivity contribution in [1.82, 2.24) is 4.90 Å². The molecule has 0 radical (unpaired) electrons. The molecule has 5 nitrogen and oxygen atoms in total. The number of aromatic carboxylic acids is 1. The first-order valence-electron chi connectivity index (χ1n) is 7.13. The summed E-state index contributed by atoms with van der Waals surface area (Å²) in [5, 5.41) is 9.13. The maximum atomic E-state index is 12.5. The maximum absolute atomic E-state index is 12.5. The van der Waals surface area contributed by atoms with Crippen LogP contribution < -0.4 is 0 Å². The summed E-state index contributed by atoms with van der Waals surface area (Å²) in [7, 11) is 1.68. The zero-order valence-electron chi connectivity index (χ0n) is 12.9. The molecule has 0 fully saturated rings. The third kappa shape index (κ3) is 3.03. The summed E-state index contributed by atoms with van der Waals surface area (Å²) in [6, 6.07) is 10.8. The first-order chi connectivity index (χ1) is 10.5. The number of furan rings is 1. The zero-order valence-corrected chi connectivity index (χ0v) is 12.9. The normalized spacial score (nSPS) is 12.0. The van der Waals surface area contributed by atoms with E-state index in [1.165, 1.54) is 6.07 Å². The van der Waals surface area contributed by atoms with Crippen molar-refractivity contribution < 1.29 is 19.1 Å². The zero-order chi connectivity index (χ0) is 16.3. The highest BCUT2D eigenvalue weighted by molar-refractivity contribution is 5.96. The van der Waals surface area contributed by atoms with Crippen molar-refractivity contribution in [2.75, 3.05) is 7.05 Å². The molecular weight excluding hydrogens is 282 g/mol. The van der Waals surface area contributed by atoms with Crippen molar-refractivity contribution in [2.45, 2.75) is 26.3 Å². The van der Waals surface area contributed by atoms with Gasteiger partial charge in [0.1, 0.15) is 11.3 Å². The number of rotatable bonds is 5. The molecule has 0 aliphatic rings. The second-order valence-electron chi connectivity index (χ2n) is 5.11. The maximum Gasteiger partial charge on any atom is 0.339 e. The first-order valence-corrected chi connectivity index (χ1v) is 7.13. The van der Waals surface area contributed by atoms with Crippen LogP contribution in [0, 0.1) is 0 Å². The first kappa shape index (κ1) is 15.8. The van der Waals surface area contributed by atoms with Crippen LogP contribution in [-0.4, -0.2) is 28.9 Å². The Morgan fingerprint density at radius 3 is 2.41 bits per heavy atom. The molecule has 1 N–H and O–H groups in total. The van der Waals surface area contributed by atoms with Gasteiger partial charge in [0.15, 0.2) is 5.76 Å². The summed E-state index contributed by atoms with van der Waals surface area (Å²) in [5.74, 6) is -1.05. The number of carboxylic acid groups (broad SMARTS) is 1. The molecule has 0 saturated carbocycles. The van der Waals surface area contributed by atoms with Crippen LogP contribution >= 0.6 is 0 Å². The molecule has 1 atom stereocenters. The molecule has 22 heavy (non-hydrogen) atoms. The Morgan fingerprint density at radius 1 is 1.27 bits per heavy atom. The Hall–Kier alpha value is -2.56. The van der Waals surface area contributed by atoms with E-state index in [0.717, 1.165) is 5.56 Å². The third-order valence-electron chi connectivity index (χ3n) is 3.75. The lowest BCUT2D eigenvalue weighted by Crippen LogP contribution is -2.29. The highest BCUT2D eigenvalue weighted by Gasteiger charge is 2.25. The number of hydrogen-bond acceptors (Lipinski definition) is 3. The Labute approximate surface area is 129 Å². The number of carbonyl (C=O) groups is 2. The van der Waals surface area contributed by atoms with E-state index < -0.39 is 5.97 Å². The van der Waals surface area contributed by atoms with Gasteiger partial charge in [-0.1, -0.05) is 37.3 Å². The van der Waals surface area contributed by atoms with Crippen molar-refractivity contribution >= 4 is 11.9 Å². The van der Waals surface area contributed by atoms with E-state index in [4.69, 9.17) is 9.52 Å². The van der Waals surface area contributed by atoms with Gasteiger partial charge >= 0.3 is 5.97 Å². The van der Waals surface area contributed by atoms with Crippen molar-refractivity contribution in [1.29, 1.82) is 0 Å². The summed E-state index contributed by atoms with van der Waals surface area (Å²) >= 11 is 0. The predicted molar refractivity (Wildman–Crippen MR) is 82.0 cm³/mol. The van der Waals surface area contributed by atoms with E-state index in [9.17, 15) is 9.59 Å². The Balaban J connectivity index is 2.26. The van der Waals surface area contributed by atoms with Gasteiger partial charge in [-0.25, -0.2) is 4.79 Å². The van der Waals surface area contributed by atoms with Crippen LogP contribution in [0.2, 0.25) is 0 Å². The van der Waals surface area contributed by atoms with E-state index in [2.05, 4.69) is 0 Å². The average molecular weight is 301 g/mol. The van der Waals surface area contributed by atoms with Gasteiger partial charge in [-0.3, -0.25) is 4.79 Å². The summed E-state index contributed by atoms with van der Waals surface area (Å²) in [5.41, 5.74) is 1.05. The fraction of sp³-hybridized carbons (Fsp3) is 0.294. The van der Waals surface area contributed by atoms with Gasteiger partial charge in [-0.05, 0) is 12.5 Å². The smallest absolute Gasteiger partial charge is 0.339 e. The molecule has 116 valence electrons. The van der Waals surface area contributed by atoms with Crippen molar-refractivity contribution in [3.63, 3.8) is 0 Å². The van der Waals surface area contributed by atoms with E-state index in [1.54, 1.807) is 18.9 Å². The molecule has 1 aromatic carbocycles. The Kier molecular flexibility index (Phi) is 4.65. The fourth-order valence-electron chi connectivity index (χ4n) is 2.28. The highest BCUT2D eigenvalue weighted by atomic mass is 16.4. The largest absolute Gasteiger partial charge is 0.478 e. The lowest BCUT2D eigenvalue weighted by Gasteiger charge is -2.24. The third-order valence-corrected chi connectivity index (χ3v) is 3.75. The summed E-state index contributed by atoms with van der Waals surface area (Å²) < 4.78 is 5.42. The molecule has 0 saturated heterocycles.